The number of rotatable bonds is 3. The van der Waals surface area contributed by atoms with Crippen LogP contribution < -0.4 is 4.74 Å². The Labute approximate surface area is 104 Å². The lowest BCUT2D eigenvalue weighted by molar-refractivity contribution is -0.170. The average Bonchev–Trinajstić information content (AvgIpc) is 2.83. The summed E-state index contributed by atoms with van der Waals surface area (Å²) in [6.07, 6.45) is -0.652. The summed E-state index contributed by atoms with van der Waals surface area (Å²) in [4.78, 5) is 16.6. The number of carbonyl (C=O) groups excluding carboxylic acids is 1. The second-order valence-electron chi connectivity index (χ2n) is 3.80. The first-order valence-corrected chi connectivity index (χ1v) is 5.44. The highest BCUT2D eigenvalue weighted by molar-refractivity contribution is 5.77. The Morgan fingerprint density at radius 2 is 2.39 bits per heavy atom. The van der Waals surface area contributed by atoms with Gasteiger partial charge in [-0.15, -0.1) is 0 Å². The molecule has 1 amide bonds. The summed E-state index contributed by atoms with van der Waals surface area (Å²) in [6, 6.07) is 8.63. The van der Waals surface area contributed by atoms with E-state index in [2.05, 4.69) is 0 Å². The monoisotopic (exact) mass is 248 g/mol. The van der Waals surface area contributed by atoms with Crippen molar-refractivity contribution < 1.29 is 19.5 Å². The van der Waals surface area contributed by atoms with Gasteiger partial charge in [0.05, 0.1) is 12.1 Å². The number of nitriles is 1. The molecule has 2 rings (SSSR count). The summed E-state index contributed by atoms with van der Waals surface area (Å²) >= 11 is 0. The Morgan fingerprint density at radius 3 is 3.06 bits per heavy atom. The molecule has 1 N–H and O–H groups in total. The standard InChI is InChI=1S/C12H12N2O4/c13-5-9-3-1-2-4-11(9)17-8-12(16)14-6-10(15)7-18-14/h1-4,10,15H,6-8H2/t10-/m1/s1. The van der Waals surface area contributed by atoms with Crippen LogP contribution in [-0.2, 0) is 9.63 Å². The molecular formula is C12H12N2O4. The fourth-order valence-electron chi connectivity index (χ4n) is 1.54. The molecule has 18 heavy (non-hydrogen) atoms. The summed E-state index contributed by atoms with van der Waals surface area (Å²) in [7, 11) is 0. The smallest absolute Gasteiger partial charge is 0.284 e. The number of hydrogen-bond acceptors (Lipinski definition) is 5. The van der Waals surface area contributed by atoms with E-state index in [0.29, 0.717) is 11.3 Å². The molecule has 0 spiro atoms. The minimum Gasteiger partial charge on any atom is -0.482 e. The van der Waals surface area contributed by atoms with Gasteiger partial charge in [0, 0.05) is 0 Å². The molecular weight excluding hydrogens is 236 g/mol. The molecule has 1 aromatic rings. The van der Waals surface area contributed by atoms with Crippen LogP contribution >= 0.6 is 0 Å². The predicted molar refractivity (Wildman–Crippen MR) is 60.3 cm³/mol. The molecule has 0 radical (unpaired) electrons. The van der Waals surface area contributed by atoms with E-state index in [4.69, 9.17) is 14.8 Å². The maximum absolute atomic E-state index is 11.6. The first-order chi connectivity index (χ1) is 8.70. The number of ether oxygens (including phenoxy) is 1. The maximum atomic E-state index is 11.6. The number of carbonyl (C=O) groups is 1. The van der Waals surface area contributed by atoms with Crippen molar-refractivity contribution in [3.05, 3.63) is 29.8 Å². The fourth-order valence-corrected chi connectivity index (χ4v) is 1.54. The van der Waals surface area contributed by atoms with E-state index < -0.39 is 6.10 Å². The molecule has 0 bridgehead atoms. The molecule has 1 aromatic carbocycles. The lowest BCUT2D eigenvalue weighted by atomic mass is 10.2. The highest BCUT2D eigenvalue weighted by Crippen LogP contribution is 2.16. The first kappa shape index (κ1) is 12.4. The third kappa shape index (κ3) is 2.77. The van der Waals surface area contributed by atoms with Gasteiger partial charge in [0.1, 0.15) is 24.5 Å². The number of aliphatic hydroxyl groups excluding tert-OH is 1. The Balaban J connectivity index is 1.92. The molecule has 1 atom stereocenters. The number of aliphatic hydroxyl groups is 1. The van der Waals surface area contributed by atoms with Crippen LogP contribution in [0.2, 0.25) is 0 Å². The number of nitrogens with zero attached hydrogens (tertiary/aromatic N) is 2. The van der Waals surface area contributed by atoms with Crippen molar-refractivity contribution >= 4 is 5.91 Å². The third-order valence-electron chi connectivity index (χ3n) is 2.44. The van der Waals surface area contributed by atoms with E-state index in [1.807, 2.05) is 6.07 Å². The molecule has 0 unspecified atom stereocenters. The Kier molecular flexibility index (Phi) is 3.77. The fraction of sp³-hybridized carbons (Fsp3) is 0.333. The van der Waals surface area contributed by atoms with Crippen LogP contribution in [0.15, 0.2) is 24.3 Å². The van der Waals surface area contributed by atoms with Crippen molar-refractivity contribution in [3.8, 4) is 11.8 Å². The Bertz CT molecular complexity index is 483. The van der Waals surface area contributed by atoms with Gasteiger partial charge in [-0.2, -0.15) is 5.26 Å². The van der Waals surface area contributed by atoms with E-state index in [-0.39, 0.29) is 25.7 Å². The first-order valence-electron chi connectivity index (χ1n) is 5.44. The van der Waals surface area contributed by atoms with Crippen molar-refractivity contribution in [3.63, 3.8) is 0 Å². The van der Waals surface area contributed by atoms with Crippen LogP contribution in [0.25, 0.3) is 0 Å². The van der Waals surface area contributed by atoms with Gasteiger partial charge in [-0.3, -0.25) is 9.63 Å². The molecule has 6 nitrogen and oxygen atoms in total. The van der Waals surface area contributed by atoms with Gasteiger partial charge in [-0.25, -0.2) is 5.06 Å². The predicted octanol–water partition coefficient (Wildman–Crippen LogP) is 0.0718. The van der Waals surface area contributed by atoms with Crippen LogP contribution in [0.1, 0.15) is 5.56 Å². The molecule has 1 aliphatic heterocycles. The maximum Gasteiger partial charge on any atom is 0.284 e. The van der Waals surface area contributed by atoms with Crippen molar-refractivity contribution in [2.24, 2.45) is 0 Å². The number of β-amino-alcohol motifs (C(OH)–C–C–N with tert-alkyl or cyclic N) is 1. The van der Waals surface area contributed by atoms with Crippen molar-refractivity contribution in [2.75, 3.05) is 19.8 Å². The Hall–Kier alpha value is -2.10. The molecule has 1 saturated heterocycles. The van der Waals surface area contributed by atoms with Gasteiger partial charge in [0.25, 0.3) is 5.91 Å². The lowest BCUT2D eigenvalue weighted by Crippen LogP contribution is -2.32. The van der Waals surface area contributed by atoms with Gasteiger partial charge >= 0.3 is 0 Å². The van der Waals surface area contributed by atoms with Gasteiger partial charge in [0.15, 0.2) is 6.61 Å². The van der Waals surface area contributed by atoms with E-state index in [1.165, 1.54) is 0 Å². The molecule has 0 saturated carbocycles. The van der Waals surface area contributed by atoms with Gasteiger partial charge in [0.2, 0.25) is 0 Å². The SMILES string of the molecule is N#Cc1ccccc1OCC(=O)N1C[C@@H](O)CO1. The lowest BCUT2D eigenvalue weighted by Gasteiger charge is -2.14. The minimum atomic E-state index is -0.652. The zero-order chi connectivity index (χ0) is 13.0. The van der Waals surface area contributed by atoms with E-state index >= 15 is 0 Å². The minimum absolute atomic E-state index is 0.112. The number of hydroxylamine groups is 2. The molecule has 1 fully saturated rings. The molecule has 6 heteroatoms. The summed E-state index contributed by atoms with van der Waals surface area (Å²) in [5.41, 5.74) is 0.368. The number of para-hydroxylation sites is 1. The molecule has 1 aliphatic rings. The Morgan fingerprint density at radius 1 is 1.61 bits per heavy atom. The highest BCUT2D eigenvalue weighted by atomic mass is 16.7. The quantitative estimate of drug-likeness (QED) is 0.818. The molecule has 94 valence electrons. The van der Waals surface area contributed by atoms with Crippen molar-refractivity contribution in [1.29, 1.82) is 5.26 Å². The summed E-state index contributed by atoms with van der Waals surface area (Å²) in [5, 5.41) is 19.1. The van der Waals surface area contributed by atoms with E-state index in [9.17, 15) is 9.90 Å². The number of hydrogen-bond donors (Lipinski definition) is 1. The summed E-state index contributed by atoms with van der Waals surface area (Å²) < 4.78 is 5.26. The largest absolute Gasteiger partial charge is 0.482 e. The second kappa shape index (κ2) is 5.49. The van der Waals surface area contributed by atoms with Crippen LogP contribution in [0.4, 0.5) is 0 Å². The molecule has 0 aliphatic carbocycles. The average molecular weight is 248 g/mol. The second-order valence-corrected chi connectivity index (χ2v) is 3.80. The summed E-state index contributed by atoms with van der Waals surface area (Å²) in [6.45, 7) is 0.0219. The van der Waals surface area contributed by atoms with Crippen LogP contribution in [0.3, 0.4) is 0 Å². The van der Waals surface area contributed by atoms with Gasteiger partial charge < -0.3 is 9.84 Å². The van der Waals surface area contributed by atoms with Crippen molar-refractivity contribution in [2.45, 2.75) is 6.10 Å². The number of benzene rings is 1. The molecule has 1 heterocycles. The normalized spacial score (nSPS) is 18.4. The van der Waals surface area contributed by atoms with E-state index in [0.717, 1.165) is 5.06 Å². The zero-order valence-corrected chi connectivity index (χ0v) is 9.57. The van der Waals surface area contributed by atoms with Gasteiger partial charge in [-0.05, 0) is 12.1 Å². The topological polar surface area (TPSA) is 82.8 Å². The summed E-state index contributed by atoms with van der Waals surface area (Å²) in [5.74, 6) is -0.0348. The highest BCUT2D eigenvalue weighted by Gasteiger charge is 2.26. The van der Waals surface area contributed by atoms with Crippen LogP contribution in [0.5, 0.6) is 5.75 Å². The van der Waals surface area contributed by atoms with Crippen LogP contribution in [0, 0.1) is 11.3 Å². The van der Waals surface area contributed by atoms with Crippen molar-refractivity contribution in [1.82, 2.24) is 5.06 Å². The number of amides is 1. The zero-order valence-electron chi connectivity index (χ0n) is 9.57. The third-order valence-corrected chi connectivity index (χ3v) is 2.44. The van der Waals surface area contributed by atoms with Crippen LogP contribution in [-0.4, -0.2) is 41.9 Å². The van der Waals surface area contributed by atoms with E-state index in [1.54, 1.807) is 24.3 Å². The van der Waals surface area contributed by atoms with Gasteiger partial charge in [-0.1, -0.05) is 12.1 Å². The molecule has 0 aromatic heterocycles.